The molecule has 0 saturated heterocycles. The Labute approximate surface area is 202 Å². The molecule has 2 aromatic carbocycles. The highest BCUT2D eigenvalue weighted by Gasteiger charge is 2.46. The predicted octanol–water partition coefficient (Wildman–Crippen LogP) is 4.46. The number of benzene rings is 2. The van der Waals surface area contributed by atoms with E-state index in [9.17, 15) is 9.90 Å². The van der Waals surface area contributed by atoms with Gasteiger partial charge in [-0.3, -0.25) is 9.69 Å². The summed E-state index contributed by atoms with van der Waals surface area (Å²) < 4.78 is 17.5. The minimum atomic E-state index is -0.205. The Kier molecular flexibility index (Phi) is 8.11. The minimum Gasteiger partial charge on any atom is -0.490 e. The van der Waals surface area contributed by atoms with Gasteiger partial charge in [-0.2, -0.15) is 0 Å². The van der Waals surface area contributed by atoms with Crippen LogP contribution >= 0.6 is 0 Å². The fraction of sp³-hybridized carbons (Fsp3) is 0.536. The van der Waals surface area contributed by atoms with Crippen molar-refractivity contribution < 1.29 is 24.1 Å². The second kappa shape index (κ2) is 11.2. The molecule has 1 aliphatic heterocycles. The predicted molar refractivity (Wildman–Crippen MR) is 131 cm³/mol. The monoisotopic (exact) mass is 467 g/mol. The number of hydrogen-bond donors (Lipinski definition) is 1. The van der Waals surface area contributed by atoms with E-state index >= 15 is 0 Å². The van der Waals surface area contributed by atoms with Crippen LogP contribution in [0, 0.1) is 5.92 Å². The number of aliphatic hydroxyl groups is 1. The Balaban J connectivity index is 1.54. The van der Waals surface area contributed by atoms with Gasteiger partial charge in [0, 0.05) is 18.6 Å². The van der Waals surface area contributed by atoms with E-state index in [1.165, 1.54) is 11.1 Å². The van der Waals surface area contributed by atoms with Gasteiger partial charge in [-0.25, -0.2) is 0 Å². The molecule has 4 rings (SSSR count). The Bertz CT molecular complexity index is 953. The second-order valence-electron chi connectivity index (χ2n) is 9.18. The molecule has 6 nitrogen and oxygen atoms in total. The molecule has 1 spiro atoms. The zero-order chi connectivity index (χ0) is 24.0. The number of fused-ring (bicyclic) bond motifs is 2. The van der Waals surface area contributed by atoms with E-state index in [2.05, 4.69) is 17.0 Å². The summed E-state index contributed by atoms with van der Waals surface area (Å²) in [6.45, 7) is 7.08. The summed E-state index contributed by atoms with van der Waals surface area (Å²) in [5.74, 6) is 1.37. The van der Waals surface area contributed by atoms with Gasteiger partial charge in [0.25, 0.3) is 0 Å². The molecule has 34 heavy (non-hydrogen) atoms. The summed E-state index contributed by atoms with van der Waals surface area (Å²) in [4.78, 5) is 15.3. The van der Waals surface area contributed by atoms with Gasteiger partial charge in [0.05, 0.1) is 25.7 Å². The maximum Gasteiger partial charge on any atom is 0.309 e. The van der Waals surface area contributed by atoms with Crippen LogP contribution in [0.5, 0.6) is 11.5 Å². The van der Waals surface area contributed by atoms with E-state index in [4.69, 9.17) is 14.2 Å². The van der Waals surface area contributed by atoms with Crippen LogP contribution in [0.3, 0.4) is 0 Å². The van der Waals surface area contributed by atoms with E-state index in [1.807, 2.05) is 44.2 Å². The van der Waals surface area contributed by atoms with E-state index < -0.39 is 0 Å². The summed E-state index contributed by atoms with van der Waals surface area (Å²) in [7, 11) is 0. The van der Waals surface area contributed by atoms with Crippen molar-refractivity contribution >= 4 is 5.97 Å². The molecular weight excluding hydrogens is 430 g/mol. The van der Waals surface area contributed by atoms with E-state index in [1.54, 1.807) is 0 Å². The van der Waals surface area contributed by atoms with Gasteiger partial charge < -0.3 is 19.3 Å². The summed E-state index contributed by atoms with van der Waals surface area (Å²) in [6, 6.07) is 14.1. The third-order valence-electron chi connectivity index (χ3n) is 7.27. The maximum absolute atomic E-state index is 12.8. The summed E-state index contributed by atoms with van der Waals surface area (Å²) >= 11 is 0. The van der Waals surface area contributed by atoms with Crippen LogP contribution in [0.25, 0.3) is 0 Å². The van der Waals surface area contributed by atoms with Crippen molar-refractivity contribution in [1.82, 2.24) is 4.90 Å². The summed E-state index contributed by atoms with van der Waals surface area (Å²) in [5.41, 5.74) is 3.34. The second-order valence-corrected chi connectivity index (χ2v) is 9.18. The van der Waals surface area contributed by atoms with Crippen LogP contribution in [-0.4, -0.2) is 48.9 Å². The molecule has 0 unspecified atom stereocenters. The van der Waals surface area contributed by atoms with Crippen molar-refractivity contribution in [1.29, 1.82) is 0 Å². The molecule has 2 aliphatic rings. The molecule has 1 N–H and O–H groups in total. The zero-order valence-corrected chi connectivity index (χ0v) is 20.4. The molecule has 1 saturated carbocycles. The Morgan fingerprint density at radius 1 is 1.06 bits per heavy atom. The van der Waals surface area contributed by atoms with Crippen LogP contribution in [0.4, 0.5) is 0 Å². The van der Waals surface area contributed by atoms with Gasteiger partial charge in [0.15, 0.2) is 11.5 Å². The van der Waals surface area contributed by atoms with Crippen molar-refractivity contribution in [2.75, 3.05) is 32.9 Å². The first kappa shape index (κ1) is 24.6. The van der Waals surface area contributed by atoms with E-state index in [0.717, 1.165) is 55.7 Å². The Morgan fingerprint density at radius 3 is 2.38 bits per heavy atom. The number of esters is 1. The topological polar surface area (TPSA) is 68.2 Å². The quantitative estimate of drug-likeness (QED) is 0.549. The van der Waals surface area contributed by atoms with Crippen LogP contribution in [0.2, 0.25) is 0 Å². The number of carbonyl (C=O) groups is 1. The van der Waals surface area contributed by atoms with Gasteiger partial charge in [0.2, 0.25) is 0 Å². The maximum atomic E-state index is 12.8. The number of nitrogens with zero attached hydrogens (tertiary/aromatic N) is 1. The smallest absolute Gasteiger partial charge is 0.309 e. The highest BCUT2D eigenvalue weighted by Crippen LogP contribution is 2.50. The molecule has 0 amide bonds. The highest BCUT2D eigenvalue weighted by molar-refractivity contribution is 5.72. The Morgan fingerprint density at radius 2 is 1.74 bits per heavy atom. The molecule has 0 aromatic heterocycles. The Hall–Kier alpha value is -2.57. The van der Waals surface area contributed by atoms with Crippen LogP contribution in [-0.2, 0) is 28.1 Å². The highest BCUT2D eigenvalue weighted by atomic mass is 16.5. The molecule has 1 fully saturated rings. The largest absolute Gasteiger partial charge is 0.490 e. The van der Waals surface area contributed by atoms with Gasteiger partial charge in [-0.1, -0.05) is 30.3 Å². The normalized spacial score (nSPS) is 22.3. The molecule has 1 aliphatic carbocycles. The lowest BCUT2D eigenvalue weighted by Crippen LogP contribution is -2.53. The lowest BCUT2D eigenvalue weighted by atomic mass is 9.68. The molecule has 0 radical (unpaired) electrons. The number of rotatable bonds is 9. The van der Waals surface area contributed by atoms with Crippen molar-refractivity contribution in [3.8, 4) is 11.5 Å². The first-order chi connectivity index (χ1) is 16.6. The van der Waals surface area contributed by atoms with Gasteiger partial charge in [-0.05, 0) is 74.8 Å². The number of ether oxygens (including phenoxy) is 3. The van der Waals surface area contributed by atoms with Crippen molar-refractivity contribution in [3.63, 3.8) is 0 Å². The summed E-state index contributed by atoms with van der Waals surface area (Å²) in [5, 5.41) is 9.79. The van der Waals surface area contributed by atoms with E-state index in [-0.39, 0.29) is 24.0 Å². The summed E-state index contributed by atoms with van der Waals surface area (Å²) in [6.07, 6.45) is 4.15. The number of β-amino-alcohol motifs (C(OH)–C–C–N with tert-alkyl or cyclic N) is 1. The molecule has 0 atom stereocenters. The number of aliphatic hydroxyl groups excluding tert-OH is 1. The van der Waals surface area contributed by atoms with Crippen molar-refractivity contribution in [2.24, 2.45) is 5.92 Å². The molecule has 2 aromatic rings. The fourth-order valence-corrected chi connectivity index (χ4v) is 5.63. The van der Waals surface area contributed by atoms with Crippen LogP contribution < -0.4 is 9.47 Å². The SMILES string of the molecule is CCOc1cc2c(cc1OCC)[C@]1(CC[C@@H](C(=O)OCc3ccccc3)CC1)N(CCO)CC2. The fourth-order valence-electron chi connectivity index (χ4n) is 5.63. The van der Waals surface area contributed by atoms with Crippen molar-refractivity contribution in [2.45, 2.75) is 58.1 Å². The minimum absolute atomic E-state index is 0.0928. The molecular formula is C28H37NO5. The average molecular weight is 468 g/mol. The molecule has 1 heterocycles. The van der Waals surface area contributed by atoms with Gasteiger partial charge >= 0.3 is 5.97 Å². The lowest BCUT2D eigenvalue weighted by molar-refractivity contribution is -0.152. The first-order valence-corrected chi connectivity index (χ1v) is 12.6. The van der Waals surface area contributed by atoms with Crippen molar-refractivity contribution in [3.05, 3.63) is 59.2 Å². The van der Waals surface area contributed by atoms with Gasteiger partial charge in [0.1, 0.15) is 6.61 Å². The van der Waals surface area contributed by atoms with Gasteiger partial charge in [-0.15, -0.1) is 0 Å². The molecule has 0 bridgehead atoms. The van der Waals surface area contributed by atoms with Crippen LogP contribution in [0.1, 0.15) is 56.2 Å². The number of hydrogen-bond acceptors (Lipinski definition) is 6. The van der Waals surface area contributed by atoms with E-state index in [0.29, 0.717) is 26.4 Å². The zero-order valence-electron chi connectivity index (χ0n) is 20.4. The lowest BCUT2D eigenvalue weighted by Gasteiger charge is -2.51. The number of carbonyl (C=O) groups excluding carboxylic acids is 1. The standard InChI is InChI=1S/C28H37NO5/c1-3-32-25-18-23-12-15-29(16-17-30)28(24(23)19-26(25)33-4-2)13-10-22(11-14-28)27(31)34-20-21-8-6-5-7-9-21/h5-9,18-19,22,30H,3-4,10-17,20H2,1-2H3/t22-,28-. The molecule has 184 valence electrons. The average Bonchev–Trinajstić information content (AvgIpc) is 2.86. The first-order valence-electron chi connectivity index (χ1n) is 12.6. The third kappa shape index (κ3) is 5.08. The van der Waals surface area contributed by atoms with Crippen LogP contribution in [0.15, 0.2) is 42.5 Å². The molecule has 6 heteroatoms. The third-order valence-corrected chi connectivity index (χ3v) is 7.27.